The van der Waals surface area contributed by atoms with E-state index < -0.39 is 0 Å². The quantitative estimate of drug-likeness (QED) is 0.816. The zero-order valence-electron chi connectivity index (χ0n) is 7.00. The van der Waals surface area contributed by atoms with Crippen molar-refractivity contribution in [3.63, 3.8) is 0 Å². The fourth-order valence-corrected chi connectivity index (χ4v) is 1.66. The summed E-state index contributed by atoms with van der Waals surface area (Å²) in [5.74, 6) is 0.866. The number of fused-ring (bicyclic) bond motifs is 1. The van der Waals surface area contributed by atoms with Crippen molar-refractivity contribution in [1.29, 1.82) is 0 Å². The maximum Gasteiger partial charge on any atom is 0.212 e. The lowest BCUT2D eigenvalue weighted by molar-refractivity contribution is -0.100. The van der Waals surface area contributed by atoms with Gasteiger partial charge in [-0.3, -0.25) is 0 Å². The highest BCUT2D eigenvalue weighted by Gasteiger charge is 2.18. The van der Waals surface area contributed by atoms with Crippen molar-refractivity contribution in [2.24, 2.45) is 5.73 Å². The predicted molar refractivity (Wildman–Crippen MR) is 52.4 cm³/mol. The molecule has 1 aliphatic heterocycles. The van der Waals surface area contributed by atoms with E-state index in [4.69, 9.17) is 15.2 Å². The molecule has 0 radical (unpaired) electrons. The Hall–Kier alpha value is -0.580. The fraction of sp³-hybridized carbons (Fsp3) is 0.333. The van der Waals surface area contributed by atoms with E-state index in [1.54, 1.807) is 0 Å². The van der Waals surface area contributed by atoms with Gasteiger partial charge in [-0.2, -0.15) is 0 Å². The van der Waals surface area contributed by atoms with Crippen LogP contribution in [0.2, 0.25) is 0 Å². The molecule has 1 aliphatic rings. The molecular weight excluding hydrogens is 234 g/mol. The Morgan fingerprint density at radius 3 is 3.15 bits per heavy atom. The van der Waals surface area contributed by atoms with Gasteiger partial charge in [0, 0.05) is 10.0 Å². The smallest absolute Gasteiger partial charge is 0.212 e. The standard InChI is InChI=1S/C9H10BrNO2/c10-7-1-2-8-6(3-7)5-12-9(4-11)13-8/h1-3,9H,4-5,11H2. The molecule has 0 amide bonds. The zero-order valence-corrected chi connectivity index (χ0v) is 8.58. The molecule has 3 nitrogen and oxygen atoms in total. The molecule has 0 saturated carbocycles. The Bertz CT molecular complexity index is 316. The third-order valence-corrected chi connectivity index (χ3v) is 2.39. The van der Waals surface area contributed by atoms with Crippen molar-refractivity contribution >= 4 is 15.9 Å². The van der Waals surface area contributed by atoms with E-state index in [2.05, 4.69) is 15.9 Å². The Kier molecular flexibility index (Phi) is 2.53. The van der Waals surface area contributed by atoms with Crippen LogP contribution in [0.5, 0.6) is 5.75 Å². The van der Waals surface area contributed by atoms with Gasteiger partial charge >= 0.3 is 0 Å². The lowest BCUT2D eigenvalue weighted by Gasteiger charge is -2.25. The van der Waals surface area contributed by atoms with Crippen molar-refractivity contribution in [3.05, 3.63) is 28.2 Å². The van der Waals surface area contributed by atoms with Crippen molar-refractivity contribution in [2.45, 2.75) is 12.9 Å². The Balaban J connectivity index is 2.26. The summed E-state index contributed by atoms with van der Waals surface area (Å²) in [5.41, 5.74) is 6.49. The lowest BCUT2D eigenvalue weighted by Crippen LogP contribution is -2.32. The highest BCUT2D eigenvalue weighted by Crippen LogP contribution is 2.28. The lowest BCUT2D eigenvalue weighted by atomic mass is 10.2. The summed E-state index contributed by atoms with van der Waals surface area (Å²) in [5, 5.41) is 0. The number of nitrogens with two attached hydrogens (primary N) is 1. The van der Waals surface area contributed by atoms with E-state index >= 15 is 0 Å². The van der Waals surface area contributed by atoms with Crippen molar-refractivity contribution < 1.29 is 9.47 Å². The molecule has 1 heterocycles. The first-order chi connectivity index (χ1) is 6.29. The van der Waals surface area contributed by atoms with Gasteiger partial charge in [-0.25, -0.2) is 0 Å². The normalized spacial score (nSPS) is 20.6. The fourth-order valence-electron chi connectivity index (χ4n) is 1.25. The van der Waals surface area contributed by atoms with E-state index in [1.165, 1.54) is 0 Å². The summed E-state index contributed by atoms with van der Waals surface area (Å²) < 4.78 is 11.8. The minimum absolute atomic E-state index is 0.298. The van der Waals surface area contributed by atoms with E-state index in [0.29, 0.717) is 13.2 Å². The summed E-state index contributed by atoms with van der Waals surface area (Å²) >= 11 is 3.39. The average Bonchev–Trinajstić information content (AvgIpc) is 2.17. The largest absolute Gasteiger partial charge is 0.463 e. The predicted octanol–water partition coefficient (Wildman–Crippen LogP) is 1.64. The van der Waals surface area contributed by atoms with Gasteiger partial charge in [-0.15, -0.1) is 0 Å². The van der Waals surface area contributed by atoms with Crippen LogP contribution in [0, 0.1) is 0 Å². The van der Waals surface area contributed by atoms with Crippen LogP contribution in [0.15, 0.2) is 22.7 Å². The van der Waals surface area contributed by atoms with Crippen molar-refractivity contribution in [1.82, 2.24) is 0 Å². The molecule has 1 aromatic carbocycles. The van der Waals surface area contributed by atoms with Gasteiger partial charge in [0.2, 0.25) is 6.29 Å². The number of rotatable bonds is 1. The van der Waals surface area contributed by atoms with Gasteiger partial charge in [-0.05, 0) is 18.2 Å². The molecule has 2 rings (SSSR count). The van der Waals surface area contributed by atoms with E-state index in [1.807, 2.05) is 18.2 Å². The first-order valence-electron chi connectivity index (χ1n) is 4.06. The number of hydrogen-bond donors (Lipinski definition) is 1. The van der Waals surface area contributed by atoms with Crippen LogP contribution in [-0.4, -0.2) is 12.8 Å². The Morgan fingerprint density at radius 2 is 2.38 bits per heavy atom. The minimum atomic E-state index is -0.298. The summed E-state index contributed by atoms with van der Waals surface area (Å²) in [4.78, 5) is 0. The molecule has 0 bridgehead atoms. The monoisotopic (exact) mass is 243 g/mol. The van der Waals surface area contributed by atoms with Crippen LogP contribution in [0.1, 0.15) is 5.56 Å². The molecule has 0 saturated heterocycles. The van der Waals surface area contributed by atoms with Gasteiger partial charge in [-0.1, -0.05) is 15.9 Å². The van der Waals surface area contributed by atoms with Gasteiger partial charge in [0.05, 0.1) is 13.2 Å². The molecular formula is C9H10BrNO2. The van der Waals surface area contributed by atoms with Gasteiger partial charge in [0.1, 0.15) is 5.75 Å². The second-order valence-electron chi connectivity index (χ2n) is 2.85. The molecule has 0 fully saturated rings. The van der Waals surface area contributed by atoms with Crippen LogP contribution < -0.4 is 10.5 Å². The maximum absolute atomic E-state index is 5.47. The molecule has 70 valence electrons. The van der Waals surface area contributed by atoms with Gasteiger partial charge in [0.25, 0.3) is 0 Å². The molecule has 0 spiro atoms. The van der Waals surface area contributed by atoms with Gasteiger partial charge < -0.3 is 15.2 Å². The summed E-state index contributed by atoms with van der Waals surface area (Å²) in [6.45, 7) is 0.951. The summed E-state index contributed by atoms with van der Waals surface area (Å²) in [6.07, 6.45) is -0.298. The highest BCUT2D eigenvalue weighted by molar-refractivity contribution is 9.10. The minimum Gasteiger partial charge on any atom is -0.463 e. The van der Waals surface area contributed by atoms with Gasteiger partial charge in [0.15, 0.2) is 0 Å². The molecule has 1 unspecified atom stereocenters. The number of hydrogen-bond acceptors (Lipinski definition) is 3. The number of halogens is 1. The zero-order chi connectivity index (χ0) is 9.26. The highest BCUT2D eigenvalue weighted by atomic mass is 79.9. The SMILES string of the molecule is NCC1OCc2cc(Br)ccc2O1. The van der Waals surface area contributed by atoms with E-state index in [0.717, 1.165) is 15.8 Å². The summed E-state index contributed by atoms with van der Waals surface area (Å²) in [7, 11) is 0. The second-order valence-corrected chi connectivity index (χ2v) is 3.76. The Labute approximate surface area is 85.0 Å². The third kappa shape index (κ3) is 1.85. The number of benzene rings is 1. The van der Waals surface area contributed by atoms with Crippen LogP contribution >= 0.6 is 15.9 Å². The van der Waals surface area contributed by atoms with E-state index in [-0.39, 0.29) is 6.29 Å². The molecule has 4 heteroatoms. The summed E-state index contributed by atoms with van der Waals surface area (Å²) in [6, 6.07) is 5.85. The molecule has 0 aromatic heterocycles. The molecule has 13 heavy (non-hydrogen) atoms. The topological polar surface area (TPSA) is 44.5 Å². The molecule has 2 N–H and O–H groups in total. The van der Waals surface area contributed by atoms with Crippen LogP contribution in [0.4, 0.5) is 0 Å². The maximum atomic E-state index is 5.47. The first-order valence-corrected chi connectivity index (χ1v) is 4.85. The second kappa shape index (κ2) is 3.65. The van der Waals surface area contributed by atoms with Crippen molar-refractivity contribution in [3.8, 4) is 5.75 Å². The third-order valence-electron chi connectivity index (χ3n) is 1.90. The van der Waals surface area contributed by atoms with Crippen molar-refractivity contribution in [2.75, 3.05) is 6.54 Å². The molecule has 0 aliphatic carbocycles. The Morgan fingerprint density at radius 1 is 1.54 bits per heavy atom. The van der Waals surface area contributed by atoms with Crippen LogP contribution in [0.25, 0.3) is 0 Å². The molecule has 1 atom stereocenters. The molecule has 1 aromatic rings. The average molecular weight is 244 g/mol. The number of ether oxygens (including phenoxy) is 2. The first kappa shape index (κ1) is 8.99. The van der Waals surface area contributed by atoms with Crippen LogP contribution in [-0.2, 0) is 11.3 Å². The van der Waals surface area contributed by atoms with E-state index in [9.17, 15) is 0 Å². The van der Waals surface area contributed by atoms with Crippen LogP contribution in [0.3, 0.4) is 0 Å².